The van der Waals surface area contributed by atoms with Gasteiger partial charge in [-0.2, -0.15) is 0 Å². The number of rotatable bonds is 10. The van der Waals surface area contributed by atoms with Gasteiger partial charge in [0, 0.05) is 0 Å². The van der Waals surface area contributed by atoms with Gasteiger partial charge < -0.3 is 4.74 Å². The van der Waals surface area contributed by atoms with Crippen LogP contribution in [0.2, 0.25) is 43.3 Å². The van der Waals surface area contributed by atoms with Crippen molar-refractivity contribution in [3.63, 3.8) is 0 Å². The van der Waals surface area contributed by atoms with Crippen LogP contribution in [0.3, 0.4) is 0 Å². The standard InChI is InChI=1S/C23H36IOSi2/c1-7-27(8-2,9-3)18-17-26(5,6)23-19-21(15-16-22(23)25-4)24-20-13-11-10-12-14-20/h10-16,19H,7-9,17-18H2,1-6H3/q+1. The molecule has 0 bridgehead atoms. The maximum Gasteiger partial charge on any atom is 0.357 e. The normalized spacial score (nSPS) is 12.2. The molecule has 0 amide bonds. The fourth-order valence-corrected chi connectivity index (χ4v) is 15.3. The molecule has 1 nitrogen and oxygen atoms in total. The maximum atomic E-state index is 5.81. The lowest BCUT2D eigenvalue weighted by molar-refractivity contribution is -0.597. The summed E-state index contributed by atoms with van der Waals surface area (Å²) in [6.45, 7) is 12.4. The predicted molar refractivity (Wildman–Crippen MR) is 121 cm³/mol. The molecule has 0 atom stereocenters. The highest BCUT2D eigenvalue weighted by Crippen LogP contribution is 2.30. The van der Waals surface area contributed by atoms with Crippen LogP contribution < -0.4 is 31.1 Å². The van der Waals surface area contributed by atoms with E-state index in [2.05, 4.69) is 82.4 Å². The molecule has 0 aliphatic heterocycles. The summed E-state index contributed by atoms with van der Waals surface area (Å²) in [6.07, 6.45) is 0. The average molecular weight is 512 g/mol. The number of ether oxygens (including phenoxy) is 1. The quantitative estimate of drug-likeness (QED) is 0.352. The zero-order valence-corrected chi connectivity index (χ0v) is 22.1. The largest absolute Gasteiger partial charge is 0.497 e. The third-order valence-electron chi connectivity index (χ3n) is 6.37. The maximum absolute atomic E-state index is 5.81. The summed E-state index contributed by atoms with van der Waals surface area (Å²) in [4.78, 5) is 0. The van der Waals surface area contributed by atoms with Crippen molar-refractivity contribution in [2.24, 2.45) is 0 Å². The van der Waals surface area contributed by atoms with Crippen molar-refractivity contribution in [2.75, 3.05) is 7.11 Å². The number of hydrogen-bond acceptors (Lipinski definition) is 1. The molecule has 2 rings (SSSR count). The van der Waals surface area contributed by atoms with E-state index in [1.54, 1.807) is 0 Å². The van der Waals surface area contributed by atoms with Gasteiger partial charge in [0.1, 0.15) is 5.75 Å². The Morgan fingerprint density at radius 2 is 1.44 bits per heavy atom. The van der Waals surface area contributed by atoms with E-state index in [1.165, 1.54) is 42.5 Å². The second-order valence-electron chi connectivity index (χ2n) is 8.18. The molecule has 0 saturated carbocycles. The van der Waals surface area contributed by atoms with Crippen LogP contribution in [0.25, 0.3) is 0 Å². The Morgan fingerprint density at radius 3 is 2.00 bits per heavy atom. The van der Waals surface area contributed by atoms with Crippen molar-refractivity contribution in [3.8, 4) is 5.75 Å². The van der Waals surface area contributed by atoms with Gasteiger partial charge in [-0.15, -0.1) is 0 Å². The van der Waals surface area contributed by atoms with Crippen LogP contribution in [0.1, 0.15) is 20.8 Å². The van der Waals surface area contributed by atoms with Gasteiger partial charge in [-0.3, -0.25) is 0 Å². The second kappa shape index (κ2) is 10.3. The van der Waals surface area contributed by atoms with Crippen LogP contribution in [0.15, 0.2) is 48.5 Å². The van der Waals surface area contributed by atoms with Crippen molar-refractivity contribution in [1.82, 2.24) is 0 Å². The summed E-state index contributed by atoms with van der Waals surface area (Å²) in [7, 11) is -0.754. The van der Waals surface area contributed by atoms with Gasteiger partial charge in [0.05, 0.1) is 23.3 Å². The predicted octanol–water partition coefficient (Wildman–Crippen LogP) is 3.25. The first-order valence-corrected chi connectivity index (χ1v) is 18.5. The zero-order valence-electron chi connectivity index (χ0n) is 17.9. The second-order valence-corrected chi connectivity index (χ2v) is 21.6. The Morgan fingerprint density at radius 1 is 0.815 bits per heavy atom. The van der Waals surface area contributed by atoms with Gasteiger partial charge in [-0.25, -0.2) is 0 Å². The first-order chi connectivity index (χ1) is 12.9. The van der Waals surface area contributed by atoms with Crippen LogP contribution in [0, 0.1) is 7.14 Å². The molecule has 0 heterocycles. The van der Waals surface area contributed by atoms with Gasteiger partial charge in [-0.05, 0) is 35.5 Å². The van der Waals surface area contributed by atoms with E-state index >= 15 is 0 Å². The van der Waals surface area contributed by atoms with Crippen LogP contribution in [-0.4, -0.2) is 23.3 Å². The molecular formula is C23H36IOSi2+. The Bertz CT molecular complexity index is 703. The lowest BCUT2D eigenvalue weighted by atomic mass is 10.3. The summed E-state index contributed by atoms with van der Waals surface area (Å²) in [6, 6.07) is 25.1. The Kier molecular flexibility index (Phi) is 8.62. The molecule has 0 saturated heterocycles. The zero-order chi connectivity index (χ0) is 19.9. The third-order valence-corrected chi connectivity index (χ3v) is 18.7. The molecule has 0 radical (unpaired) electrons. The highest BCUT2D eigenvalue weighted by atomic mass is 127. The number of benzene rings is 2. The van der Waals surface area contributed by atoms with Crippen molar-refractivity contribution in [1.29, 1.82) is 0 Å². The molecule has 2 aromatic carbocycles. The van der Waals surface area contributed by atoms with Crippen LogP contribution in [-0.2, 0) is 0 Å². The van der Waals surface area contributed by atoms with E-state index in [1.807, 2.05) is 7.11 Å². The number of hydrogen-bond donors (Lipinski definition) is 0. The molecule has 27 heavy (non-hydrogen) atoms. The fraction of sp³-hybridized carbons (Fsp3) is 0.478. The molecule has 0 unspecified atom stereocenters. The molecular weight excluding hydrogens is 475 g/mol. The summed E-state index contributed by atoms with van der Waals surface area (Å²) in [5, 5.41) is 1.53. The Balaban J connectivity index is 2.26. The highest BCUT2D eigenvalue weighted by molar-refractivity contribution is 6.92. The van der Waals surface area contributed by atoms with Crippen molar-refractivity contribution in [3.05, 3.63) is 55.7 Å². The minimum absolute atomic E-state index is 0.122. The van der Waals surface area contributed by atoms with E-state index in [4.69, 9.17) is 4.74 Å². The molecule has 0 N–H and O–H groups in total. The summed E-state index contributed by atoms with van der Waals surface area (Å²) in [5.74, 6) is 1.12. The minimum Gasteiger partial charge on any atom is -0.497 e. The van der Waals surface area contributed by atoms with E-state index in [0.29, 0.717) is 0 Å². The van der Waals surface area contributed by atoms with E-state index in [-0.39, 0.29) is 21.2 Å². The van der Waals surface area contributed by atoms with Gasteiger partial charge >= 0.3 is 21.2 Å². The number of halogens is 1. The fourth-order valence-electron chi connectivity index (χ4n) is 3.86. The third kappa shape index (κ3) is 5.94. The molecule has 2 aromatic rings. The smallest absolute Gasteiger partial charge is 0.357 e. The summed E-state index contributed by atoms with van der Waals surface area (Å²) in [5.41, 5.74) is 0. The van der Waals surface area contributed by atoms with Gasteiger partial charge in [0.2, 0.25) is 0 Å². The highest BCUT2D eigenvalue weighted by Gasteiger charge is 2.34. The molecule has 0 aliphatic carbocycles. The minimum atomic E-state index is -1.52. The molecule has 0 aromatic heterocycles. The average Bonchev–Trinajstić information content (AvgIpc) is 2.70. The Hall–Kier alpha value is -0.596. The van der Waals surface area contributed by atoms with E-state index in [9.17, 15) is 0 Å². The molecule has 0 spiro atoms. The van der Waals surface area contributed by atoms with Gasteiger partial charge in [0.15, 0.2) is 7.14 Å². The van der Waals surface area contributed by atoms with Crippen LogP contribution in [0.5, 0.6) is 5.75 Å². The lowest BCUT2D eigenvalue weighted by Gasteiger charge is -2.33. The molecule has 0 fully saturated rings. The van der Waals surface area contributed by atoms with Crippen molar-refractivity contribution >= 4 is 21.3 Å². The topological polar surface area (TPSA) is 9.23 Å². The Labute approximate surface area is 179 Å². The summed E-state index contributed by atoms with van der Waals surface area (Å²) < 4.78 is 8.81. The summed E-state index contributed by atoms with van der Waals surface area (Å²) >= 11 is -0.122. The SMILES string of the molecule is CC[Si](CC)(CC)CC[Si](C)(C)c1cc([I+]c2ccccc2)ccc1OC. The molecule has 4 heteroatoms. The van der Waals surface area contributed by atoms with Gasteiger partial charge in [-0.1, -0.05) is 82.3 Å². The van der Waals surface area contributed by atoms with E-state index in [0.717, 1.165) is 5.75 Å². The molecule has 148 valence electrons. The number of methoxy groups -OCH3 is 1. The van der Waals surface area contributed by atoms with Crippen molar-refractivity contribution < 1.29 is 25.9 Å². The molecule has 0 aliphatic rings. The van der Waals surface area contributed by atoms with Crippen LogP contribution in [0.4, 0.5) is 0 Å². The monoisotopic (exact) mass is 511 g/mol. The first-order valence-electron chi connectivity index (χ1n) is 10.3. The van der Waals surface area contributed by atoms with Gasteiger partial charge in [0.25, 0.3) is 0 Å². The first kappa shape index (κ1) is 22.7. The lowest BCUT2D eigenvalue weighted by Crippen LogP contribution is -3.61. The van der Waals surface area contributed by atoms with Crippen LogP contribution >= 0.6 is 0 Å². The van der Waals surface area contributed by atoms with E-state index < -0.39 is 16.1 Å². The van der Waals surface area contributed by atoms with Crippen molar-refractivity contribution in [2.45, 2.75) is 64.1 Å².